The van der Waals surface area contributed by atoms with Crippen molar-refractivity contribution in [2.45, 2.75) is 6.10 Å². The van der Waals surface area contributed by atoms with Crippen molar-refractivity contribution in [3.8, 4) is 0 Å². The fraction of sp³-hybridized carbons (Fsp3) is 0.125. The summed E-state index contributed by atoms with van der Waals surface area (Å²) in [7, 11) is 1.71. The molecule has 0 aromatic heterocycles. The molecular weight excluding hydrogens is 399 g/mol. The van der Waals surface area contributed by atoms with Gasteiger partial charge in [0.2, 0.25) is 0 Å². The first-order valence-electron chi connectivity index (χ1n) is 9.66. The average molecular weight is 418 g/mol. The Balaban J connectivity index is 1.61. The lowest BCUT2D eigenvalue weighted by Crippen LogP contribution is -2.44. The molecule has 1 unspecified atom stereocenters. The third-order valence-electron chi connectivity index (χ3n) is 5.05. The van der Waals surface area contributed by atoms with E-state index < -0.39 is 17.9 Å². The van der Waals surface area contributed by atoms with Gasteiger partial charge in [0.25, 0.3) is 11.8 Å². The fourth-order valence-corrected chi connectivity index (χ4v) is 3.39. The van der Waals surface area contributed by atoms with E-state index in [1.54, 1.807) is 66.5 Å². The zero-order valence-corrected chi connectivity index (χ0v) is 16.7. The van der Waals surface area contributed by atoms with Crippen LogP contribution in [0.5, 0.6) is 0 Å². The Labute approximate surface area is 178 Å². The van der Waals surface area contributed by atoms with Crippen LogP contribution < -0.4 is 4.90 Å². The van der Waals surface area contributed by atoms with Crippen molar-refractivity contribution in [1.82, 2.24) is 5.06 Å². The molecule has 0 fully saturated rings. The lowest BCUT2D eigenvalue weighted by atomic mass is 10.1. The summed E-state index contributed by atoms with van der Waals surface area (Å²) in [6, 6.07) is 20.6. The van der Waals surface area contributed by atoms with Crippen LogP contribution in [0.3, 0.4) is 0 Å². The van der Waals surface area contributed by atoms with E-state index in [1.807, 2.05) is 0 Å². The molecule has 0 aliphatic carbocycles. The van der Waals surface area contributed by atoms with Crippen molar-refractivity contribution in [3.05, 3.63) is 101 Å². The number of nitrogens with zero attached hydrogens (tertiary/aromatic N) is 2. The summed E-state index contributed by atoms with van der Waals surface area (Å²) in [5, 5.41) is 0.647. The van der Waals surface area contributed by atoms with Gasteiger partial charge >= 0.3 is 0 Å². The molecule has 0 N–H and O–H groups in total. The van der Waals surface area contributed by atoms with E-state index in [1.165, 1.54) is 24.3 Å². The number of benzene rings is 3. The van der Waals surface area contributed by atoms with E-state index in [2.05, 4.69) is 0 Å². The molecule has 0 spiro atoms. The largest absolute Gasteiger partial charge is 0.371 e. The molecule has 6 nitrogen and oxygen atoms in total. The molecule has 3 aromatic rings. The second-order valence-corrected chi connectivity index (χ2v) is 7.13. The number of amides is 2. The standard InChI is InChI=1S/C24H19FN2O4/c1-26(18-13-11-17(25)12-14-18)15-21(22(28)16-7-3-2-4-8-16)31-27-23(29)19-9-5-6-10-20(19)24(27)30/h2-14,21H,15H2,1H3. The second kappa shape index (κ2) is 8.49. The molecule has 1 heterocycles. The van der Waals surface area contributed by atoms with Crippen molar-refractivity contribution in [2.75, 3.05) is 18.5 Å². The summed E-state index contributed by atoms with van der Waals surface area (Å²) < 4.78 is 13.3. The molecule has 0 bridgehead atoms. The maximum absolute atomic E-state index is 13.3. The molecular formula is C24H19FN2O4. The number of Topliss-reactive ketones (excluding diaryl/α,β-unsaturated/α-hetero) is 1. The zero-order chi connectivity index (χ0) is 22.0. The van der Waals surface area contributed by atoms with E-state index in [0.717, 1.165) is 0 Å². The number of rotatable bonds is 7. The number of hydrogen-bond donors (Lipinski definition) is 0. The number of carbonyl (C=O) groups excluding carboxylic acids is 3. The molecule has 156 valence electrons. The highest BCUT2D eigenvalue weighted by Gasteiger charge is 2.39. The number of imide groups is 1. The van der Waals surface area contributed by atoms with Crippen LogP contribution in [0.1, 0.15) is 31.1 Å². The Kier molecular flexibility index (Phi) is 5.60. The van der Waals surface area contributed by atoms with Gasteiger partial charge in [0.15, 0.2) is 11.9 Å². The van der Waals surface area contributed by atoms with Gasteiger partial charge in [-0.25, -0.2) is 9.23 Å². The first-order chi connectivity index (χ1) is 15.0. The van der Waals surface area contributed by atoms with Crippen LogP contribution in [0, 0.1) is 5.82 Å². The lowest BCUT2D eigenvalue weighted by Gasteiger charge is -2.27. The topological polar surface area (TPSA) is 66.9 Å². The van der Waals surface area contributed by atoms with Gasteiger partial charge < -0.3 is 4.90 Å². The van der Waals surface area contributed by atoms with E-state index in [4.69, 9.17) is 4.84 Å². The molecule has 1 atom stereocenters. The van der Waals surface area contributed by atoms with E-state index in [9.17, 15) is 18.8 Å². The number of likely N-dealkylation sites (N-methyl/N-ethyl adjacent to an activating group) is 1. The van der Waals surface area contributed by atoms with Gasteiger partial charge in [-0.2, -0.15) is 0 Å². The van der Waals surface area contributed by atoms with Gasteiger partial charge in [0, 0.05) is 18.3 Å². The second-order valence-electron chi connectivity index (χ2n) is 7.13. The first kappa shape index (κ1) is 20.4. The molecule has 7 heteroatoms. The van der Waals surface area contributed by atoms with Crippen molar-refractivity contribution < 1.29 is 23.6 Å². The Morgan fingerprint density at radius 1 is 0.903 bits per heavy atom. The summed E-state index contributed by atoms with van der Waals surface area (Å²) >= 11 is 0. The minimum atomic E-state index is -1.15. The Morgan fingerprint density at radius 2 is 1.45 bits per heavy atom. The zero-order valence-electron chi connectivity index (χ0n) is 16.7. The average Bonchev–Trinajstić information content (AvgIpc) is 3.04. The maximum Gasteiger partial charge on any atom is 0.285 e. The van der Waals surface area contributed by atoms with Crippen molar-refractivity contribution >= 4 is 23.3 Å². The minimum Gasteiger partial charge on any atom is -0.371 e. The summed E-state index contributed by atoms with van der Waals surface area (Å²) in [6.45, 7) is 0.0345. The predicted molar refractivity (Wildman–Crippen MR) is 112 cm³/mol. The first-order valence-corrected chi connectivity index (χ1v) is 9.66. The van der Waals surface area contributed by atoms with Gasteiger partial charge in [0.05, 0.1) is 17.7 Å². The van der Waals surface area contributed by atoms with Crippen molar-refractivity contribution in [1.29, 1.82) is 0 Å². The number of hydroxylamine groups is 2. The number of fused-ring (bicyclic) bond motifs is 1. The highest BCUT2D eigenvalue weighted by molar-refractivity contribution is 6.20. The van der Waals surface area contributed by atoms with Gasteiger partial charge in [-0.15, -0.1) is 5.06 Å². The number of ketones is 1. The van der Waals surface area contributed by atoms with Crippen LogP contribution >= 0.6 is 0 Å². The van der Waals surface area contributed by atoms with Crippen LogP contribution in [0.2, 0.25) is 0 Å². The summed E-state index contributed by atoms with van der Waals surface area (Å²) in [5.41, 5.74) is 1.49. The van der Waals surface area contributed by atoms with Crippen LogP contribution in [-0.2, 0) is 4.84 Å². The van der Waals surface area contributed by atoms with Gasteiger partial charge in [-0.3, -0.25) is 14.4 Å². The van der Waals surface area contributed by atoms with Crippen molar-refractivity contribution in [2.24, 2.45) is 0 Å². The van der Waals surface area contributed by atoms with Gasteiger partial charge in [0.1, 0.15) is 5.82 Å². The number of halogens is 1. The van der Waals surface area contributed by atoms with Crippen LogP contribution in [0.15, 0.2) is 78.9 Å². The quantitative estimate of drug-likeness (QED) is 0.432. The third-order valence-corrected chi connectivity index (χ3v) is 5.05. The van der Waals surface area contributed by atoms with Crippen LogP contribution in [0.25, 0.3) is 0 Å². The Morgan fingerprint density at radius 3 is 2.03 bits per heavy atom. The smallest absolute Gasteiger partial charge is 0.285 e. The molecule has 2 amide bonds. The highest BCUT2D eigenvalue weighted by atomic mass is 19.1. The molecule has 31 heavy (non-hydrogen) atoms. The molecule has 0 saturated carbocycles. The van der Waals surface area contributed by atoms with E-state index in [-0.39, 0.29) is 29.3 Å². The predicted octanol–water partition coefficient (Wildman–Crippen LogP) is 3.74. The van der Waals surface area contributed by atoms with Gasteiger partial charge in [-0.05, 0) is 36.4 Å². The molecule has 4 rings (SSSR count). The SMILES string of the molecule is CN(CC(ON1C(=O)c2ccccc2C1=O)C(=O)c1ccccc1)c1ccc(F)cc1. The summed E-state index contributed by atoms with van der Waals surface area (Å²) in [5.74, 6) is -1.99. The molecule has 1 aliphatic rings. The summed E-state index contributed by atoms with van der Waals surface area (Å²) in [6.07, 6.45) is -1.15. The lowest BCUT2D eigenvalue weighted by molar-refractivity contribution is -0.114. The van der Waals surface area contributed by atoms with E-state index >= 15 is 0 Å². The molecule has 3 aromatic carbocycles. The third kappa shape index (κ3) is 4.08. The van der Waals surface area contributed by atoms with Crippen LogP contribution in [-0.4, -0.2) is 42.4 Å². The Bertz CT molecular complexity index is 1100. The van der Waals surface area contributed by atoms with E-state index in [0.29, 0.717) is 16.3 Å². The molecule has 0 saturated heterocycles. The Hall–Kier alpha value is -3.84. The number of carbonyl (C=O) groups is 3. The van der Waals surface area contributed by atoms with Crippen LogP contribution in [0.4, 0.5) is 10.1 Å². The number of hydrogen-bond acceptors (Lipinski definition) is 5. The normalized spacial score (nSPS) is 13.8. The monoisotopic (exact) mass is 418 g/mol. The number of anilines is 1. The summed E-state index contributed by atoms with van der Waals surface area (Å²) in [4.78, 5) is 46.0. The van der Waals surface area contributed by atoms with Crippen molar-refractivity contribution in [3.63, 3.8) is 0 Å². The highest BCUT2D eigenvalue weighted by Crippen LogP contribution is 2.25. The fourth-order valence-electron chi connectivity index (χ4n) is 3.39. The maximum atomic E-state index is 13.3. The minimum absolute atomic E-state index is 0.0345. The molecule has 1 aliphatic heterocycles. The van der Waals surface area contributed by atoms with Gasteiger partial charge in [-0.1, -0.05) is 42.5 Å². The molecule has 0 radical (unpaired) electrons.